The van der Waals surface area contributed by atoms with Crippen LogP contribution in [0.15, 0.2) is 47.1 Å². The van der Waals surface area contributed by atoms with Gasteiger partial charge in [0.25, 0.3) is 0 Å². The molecule has 0 aliphatic heterocycles. The summed E-state index contributed by atoms with van der Waals surface area (Å²) in [5, 5.41) is 21.4. The molecule has 2 fully saturated rings. The molecule has 2 N–H and O–H groups in total. The molecule has 4 heteroatoms. The van der Waals surface area contributed by atoms with Gasteiger partial charge in [-0.2, -0.15) is 0 Å². The molecule has 4 aliphatic rings. The van der Waals surface area contributed by atoms with E-state index in [0.717, 1.165) is 38.5 Å². The van der Waals surface area contributed by atoms with Crippen molar-refractivity contribution in [1.29, 1.82) is 0 Å². The third-order valence-corrected chi connectivity index (χ3v) is 9.62. The SMILES string of the molecule is CN(C)c1ccc(C2C[C@@]3(C)C(CC[C@@]3(O)CCCO)C3CCC4=CC(=O)CCC4=C23)cc1. The van der Waals surface area contributed by atoms with Crippen LogP contribution in [0.25, 0.3) is 0 Å². The molecule has 2 saturated carbocycles. The van der Waals surface area contributed by atoms with Gasteiger partial charge in [-0.25, -0.2) is 0 Å². The molecular weight excluding hydrogens is 410 g/mol. The average Bonchev–Trinajstić information content (AvgIpc) is 3.07. The minimum absolute atomic E-state index is 0.138. The Labute approximate surface area is 198 Å². The van der Waals surface area contributed by atoms with Crippen LogP contribution in [-0.2, 0) is 4.79 Å². The maximum absolute atomic E-state index is 12.2. The molecule has 4 aliphatic carbocycles. The fourth-order valence-corrected chi connectivity index (χ4v) is 7.84. The van der Waals surface area contributed by atoms with Crippen molar-refractivity contribution in [1.82, 2.24) is 0 Å². The van der Waals surface area contributed by atoms with Crippen LogP contribution in [-0.4, -0.2) is 42.3 Å². The predicted octanol–water partition coefficient (Wildman–Crippen LogP) is 5.16. The van der Waals surface area contributed by atoms with Crippen molar-refractivity contribution in [3.8, 4) is 0 Å². The fraction of sp³-hybridized carbons (Fsp3) is 0.621. The van der Waals surface area contributed by atoms with Crippen molar-refractivity contribution < 1.29 is 15.0 Å². The molecule has 1 aromatic rings. The highest BCUT2D eigenvalue weighted by atomic mass is 16.3. The van der Waals surface area contributed by atoms with Gasteiger partial charge in [-0.3, -0.25) is 4.79 Å². The van der Waals surface area contributed by atoms with Gasteiger partial charge in [-0.15, -0.1) is 0 Å². The van der Waals surface area contributed by atoms with Crippen molar-refractivity contribution in [3.05, 3.63) is 52.6 Å². The van der Waals surface area contributed by atoms with Gasteiger partial charge in [0.2, 0.25) is 0 Å². The number of rotatable bonds is 5. The van der Waals surface area contributed by atoms with Crippen molar-refractivity contribution in [2.45, 2.75) is 76.2 Å². The van der Waals surface area contributed by atoms with E-state index in [1.54, 1.807) is 5.57 Å². The first-order valence-electron chi connectivity index (χ1n) is 12.8. The number of hydrogen-bond acceptors (Lipinski definition) is 4. The normalized spacial score (nSPS) is 35.6. The Bertz CT molecular complexity index is 991. The number of hydrogen-bond donors (Lipinski definition) is 2. The molecule has 1 aromatic carbocycles. The summed E-state index contributed by atoms with van der Waals surface area (Å²) in [6.07, 6.45) is 9.68. The third kappa shape index (κ3) is 3.61. The number of carbonyl (C=O) groups is 1. The van der Waals surface area contributed by atoms with Crippen LogP contribution in [0.2, 0.25) is 0 Å². The standard InChI is InChI=1S/C29H39NO3/c1-28-18-25(19-5-8-21(9-6-19)30(2)3)27-23-12-10-22(32)17-20(23)7-11-24(27)26(28)13-15-29(28,33)14-4-16-31/h5-6,8-9,17,24-26,31,33H,4,7,10-16,18H2,1-3H3/t24?,25?,26?,28-,29-/m0/s1. The summed E-state index contributed by atoms with van der Waals surface area (Å²) in [7, 11) is 4.14. The van der Waals surface area contributed by atoms with E-state index < -0.39 is 5.60 Å². The van der Waals surface area contributed by atoms with Crippen LogP contribution >= 0.6 is 0 Å². The topological polar surface area (TPSA) is 60.8 Å². The number of fused-ring (bicyclic) bond motifs is 4. The minimum atomic E-state index is -0.711. The Balaban J connectivity index is 1.62. The van der Waals surface area contributed by atoms with Gasteiger partial charge in [0, 0.05) is 44.1 Å². The summed E-state index contributed by atoms with van der Waals surface area (Å²) < 4.78 is 0. The lowest BCUT2D eigenvalue weighted by Gasteiger charge is -2.55. The third-order valence-electron chi connectivity index (χ3n) is 9.62. The van der Waals surface area contributed by atoms with E-state index in [4.69, 9.17) is 0 Å². The largest absolute Gasteiger partial charge is 0.396 e. The van der Waals surface area contributed by atoms with E-state index in [0.29, 0.717) is 31.1 Å². The van der Waals surface area contributed by atoms with Gasteiger partial charge in [-0.1, -0.05) is 24.6 Å². The van der Waals surface area contributed by atoms with Gasteiger partial charge < -0.3 is 15.1 Å². The van der Waals surface area contributed by atoms with Gasteiger partial charge in [0.1, 0.15) is 0 Å². The first kappa shape index (κ1) is 22.9. The number of ketones is 1. The number of nitrogens with zero attached hydrogens (tertiary/aromatic N) is 1. The molecule has 178 valence electrons. The zero-order valence-corrected chi connectivity index (χ0v) is 20.4. The number of allylic oxidation sites excluding steroid dienone is 4. The van der Waals surface area contributed by atoms with Gasteiger partial charge in [0.15, 0.2) is 5.78 Å². The second kappa shape index (κ2) is 8.39. The molecule has 0 heterocycles. The van der Waals surface area contributed by atoms with E-state index in [1.165, 1.54) is 22.4 Å². The molecular formula is C29H39NO3. The van der Waals surface area contributed by atoms with E-state index in [9.17, 15) is 15.0 Å². The molecule has 5 atom stereocenters. The maximum Gasteiger partial charge on any atom is 0.156 e. The summed E-state index contributed by atoms with van der Waals surface area (Å²) in [5.74, 6) is 1.50. The van der Waals surface area contributed by atoms with Crippen LogP contribution in [0.1, 0.15) is 76.2 Å². The monoisotopic (exact) mass is 449 g/mol. The van der Waals surface area contributed by atoms with Gasteiger partial charge in [-0.05, 0) is 98.1 Å². The lowest BCUT2D eigenvalue weighted by molar-refractivity contribution is -0.114. The van der Waals surface area contributed by atoms with Crippen LogP contribution in [0.4, 0.5) is 5.69 Å². The highest BCUT2D eigenvalue weighted by molar-refractivity contribution is 5.93. The average molecular weight is 450 g/mol. The first-order valence-corrected chi connectivity index (χ1v) is 12.8. The fourth-order valence-electron chi connectivity index (χ4n) is 7.84. The van der Waals surface area contributed by atoms with Crippen molar-refractivity contribution in [2.75, 3.05) is 25.6 Å². The molecule has 33 heavy (non-hydrogen) atoms. The van der Waals surface area contributed by atoms with Crippen LogP contribution in [0.3, 0.4) is 0 Å². The Kier molecular flexibility index (Phi) is 5.81. The first-order chi connectivity index (χ1) is 15.8. The van der Waals surface area contributed by atoms with Crippen LogP contribution < -0.4 is 4.90 Å². The molecule has 4 nitrogen and oxygen atoms in total. The molecule has 0 saturated heterocycles. The minimum Gasteiger partial charge on any atom is -0.396 e. The summed E-state index contributed by atoms with van der Waals surface area (Å²) in [4.78, 5) is 14.3. The zero-order chi connectivity index (χ0) is 23.4. The van der Waals surface area contributed by atoms with E-state index >= 15 is 0 Å². The summed E-state index contributed by atoms with van der Waals surface area (Å²) in [6.45, 7) is 2.47. The second-order valence-electron chi connectivity index (χ2n) is 11.4. The number of benzene rings is 1. The smallest absolute Gasteiger partial charge is 0.156 e. The Morgan fingerprint density at radius 3 is 2.55 bits per heavy atom. The molecule has 0 radical (unpaired) electrons. The number of aliphatic hydroxyl groups is 2. The molecule has 0 spiro atoms. The summed E-state index contributed by atoms with van der Waals surface area (Å²) in [6, 6.07) is 8.98. The zero-order valence-electron chi connectivity index (χ0n) is 20.4. The van der Waals surface area contributed by atoms with Crippen molar-refractivity contribution >= 4 is 11.5 Å². The number of anilines is 1. The van der Waals surface area contributed by atoms with E-state index in [-0.39, 0.29) is 23.7 Å². The van der Waals surface area contributed by atoms with Gasteiger partial charge in [0.05, 0.1) is 5.60 Å². The summed E-state index contributed by atoms with van der Waals surface area (Å²) >= 11 is 0. The second-order valence-corrected chi connectivity index (χ2v) is 11.4. The van der Waals surface area contributed by atoms with E-state index in [2.05, 4.69) is 50.2 Å². The quantitative estimate of drug-likeness (QED) is 0.652. The lowest BCUT2D eigenvalue weighted by atomic mass is 9.51. The molecule has 3 unspecified atom stereocenters. The maximum atomic E-state index is 12.2. The van der Waals surface area contributed by atoms with E-state index in [1.807, 2.05) is 6.08 Å². The number of aliphatic hydroxyl groups excluding tert-OH is 1. The highest BCUT2D eigenvalue weighted by Gasteiger charge is 2.62. The summed E-state index contributed by atoms with van der Waals surface area (Å²) in [5.41, 5.74) is 5.98. The Morgan fingerprint density at radius 2 is 1.85 bits per heavy atom. The molecule has 0 amide bonds. The Morgan fingerprint density at radius 1 is 1.09 bits per heavy atom. The highest BCUT2D eigenvalue weighted by Crippen LogP contribution is 2.67. The lowest BCUT2D eigenvalue weighted by Crippen LogP contribution is -2.51. The van der Waals surface area contributed by atoms with Crippen molar-refractivity contribution in [2.24, 2.45) is 17.3 Å². The van der Waals surface area contributed by atoms with Crippen molar-refractivity contribution in [3.63, 3.8) is 0 Å². The molecule has 0 bridgehead atoms. The molecule has 0 aromatic heterocycles. The Hall–Kier alpha value is -1.91. The number of carbonyl (C=O) groups excluding carboxylic acids is 1. The van der Waals surface area contributed by atoms with Crippen LogP contribution in [0.5, 0.6) is 0 Å². The van der Waals surface area contributed by atoms with Gasteiger partial charge >= 0.3 is 0 Å². The van der Waals surface area contributed by atoms with Crippen LogP contribution in [0, 0.1) is 17.3 Å². The predicted molar refractivity (Wildman–Crippen MR) is 132 cm³/mol. The molecule has 5 rings (SSSR count).